The minimum atomic E-state index is -3.51. The van der Waals surface area contributed by atoms with Crippen LogP contribution in [0.5, 0.6) is 0 Å². The molecule has 0 aromatic carbocycles. The van der Waals surface area contributed by atoms with E-state index in [1.54, 1.807) is 22.9 Å². The molecule has 1 aromatic rings. The summed E-state index contributed by atoms with van der Waals surface area (Å²) in [4.78, 5) is 5.11. The molecule has 0 unspecified atom stereocenters. The highest BCUT2D eigenvalue weighted by molar-refractivity contribution is 7.95. The Morgan fingerprint density at radius 1 is 1.29 bits per heavy atom. The first kappa shape index (κ1) is 13.9. The zero-order valence-electron chi connectivity index (χ0n) is 11.6. The predicted molar refractivity (Wildman–Crippen MR) is 81.6 cm³/mol. The van der Waals surface area contributed by atoms with Gasteiger partial charge in [-0.25, -0.2) is 8.42 Å². The van der Waals surface area contributed by atoms with Crippen LogP contribution in [-0.4, -0.2) is 19.5 Å². The van der Waals surface area contributed by atoms with Crippen molar-refractivity contribution >= 4 is 15.9 Å². The summed E-state index contributed by atoms with van der Waals surface area (Å²) in [6.45, 7) is 0.994. The Hall–Kier alpha value is -2.06. The third-order valence-electron chi connectivity index (χ3n) is 3.61. The van der Waals surface area contributed by atoms with Crippen molar-refractivity contribution in [2.24, 2.45) is 4.99 Å². The molecular formula is C16H16N2O2S. The second-order valence-corrected chi connectivity index (χ2v) is 6.94. The number of allylic oxidation sites excluding steroid dienone is 3. The van der Waals surface area contributed by atoms with Crippen molar-refractivity contribution < 1.29 is 8.42 Å². The van der Waals surface area contributed by atoms with Crippen molar-refractivity contribution in [2.75, 3.05) is 6.54 Å². The highest BCUT2D eigenvalue weighted by Crippen LogP contribution is 2.21. The summed E-state index contributed by atoms with van der Waals surface area (Å²) in [5.74, 6) is 2.54. The molecule has 0 bridgehead atoms. The van der Waals surface area contributed by atoms with Crippen LogP contribution in [-0.2, 0) is 16.4 Å². The van der Waals surface area contributed by atoms with Crippen LogP contribution in [0, 0.1) is 12.3 Å². The summed E-state index contributed by atoms with van der Waals surface area (Å²) < 4.78 is 27.4. The average Bonchev–Trinajstić information content (AvgIpc) is 2.88. The molecule has 0 radical (unpaired) electrons. The van der Waals surface area contributed by atoms with Crippen molar-refractivity contribution in [3.05, 3.63) is 40.0 Å². The van der Waals surface area contributed by atoms with E-state index in [1.807, 2.05) is 12.2 Å². The van der Waals surface area contributed by atoms with Gasteiger partial charge >= 0.3 is 0 Å². The van der Waals surface area contributed by atoms with Crippen molar-refractivity contribution in [2.45, 2.75) is 30.7 Å². The van der Waals surface area contributed by atoms with Crippen LogP contribution in [0.1, 0.15) is 19.3 Å². The summed E-state index contributed by atoms with van der Waals surface area (Å²) in [6, 6.07) is 0. The third-order valence-corrected chi connectivity index (χ3v) is 5.44. The Morgan fingerprint density at radius 3 is 2.86 bits per heavy atom. The monoisotopic (exact) mass is 300 g/mol. The van der Waals surface area contributed by atoms with Gasteiger partial charge in [-0.1, -0.05) is 24.1 Å². The Labute approximate surface area is 124 Å². The highest BCUT2D eigenvalue weighted by atomic mass is 32.2. The van der Waals surface area contributed by atoms with E-state index in [2.05, 4.69) is 10.9 Å². The first-order valence-electron chi connectivity index (χ1n) is 6.93. The second-order valence-electron chi connectivity index (χ2n) is 5.03. The van der Waals surface area contributed by atoms with Gasteiger partial charge in [0.25, 0.3) is 0 Å². The van der Waals surface area contributed by atoms with Crippen molar-refractivity contribution in [1.82, 2.24) is 4.57 Å². The molecule has 2 aliphatic rings. The molecule has 0 saturated carbocycles. The zero-order valence-corrected chi connectivity index (χ0v) is 12.4. The maximum atomic E-state index is 12.8. The second kappa shape index (κ2) is 5.38. The van der Waals surface area contributed by atoms with Crippen LogP contribution in [0.25, 0.3) is 6.08 Å². The van der Waals surface area contributed by atoms with Gasteiger partial charge in [0.1, 0.15) is 5.49 Å². The molecule has 108 valence electrons. The van der Waals surface area contributed by atoms with Crippen LogP contribution in [0.3, 0.4) is 0 Å². The van der Waals surface area contributed by atoms with Gasteiger partial charge in [0.15, 0.2) is 0 Å². The molecule has 2 heterocycles. The molecule has 1 aromatic heterocycles. The standard InChI is InChI=1S/C16H16N2O2S/c1-2-11-18-12-15(14-9-6-10-17-16(14)18)21(19,20)13-7-4-3-5-8-13/h1,4,7-9,12H,3,5-6,10-11H2. The van der Waals surface area contributed by atoms with E-state index in [4.69, 9.17) is 6.42 Å². The zero-order chi connectivity index (χ0) is 14.9. The van der Waals surface area contributed by atoms with Gasteiger partial charge in [-0.2, -0.15) is 0 Å². The molecule has 0 fully saturated rings. The van der Waals surface area contributed by atoms with Gasteiger partial charge in [-0.3, -0.25) is 4.99 Å². The van der Waals surface area contributed by atoms with Crippen LogP contribution >= 0.6 is 0 Å². The molecule has 5 heteroatoms. The normalized spacial score (nSPS) is 17.2. The fourth-order valence-corrected chi connectivity index (χ4v) is 4.23. The van der Waals surface area contributed by atoms with Gasteiger partial charge in [-0.15, -0.1) is 6.42 Å². The number of rotatable bonds is 3. The quantitative estimate of drug-likeness (QED) is 0.780. The van der Waals surface area contributed by atoms with E-state index in [-0.39, 0.29) is 0 Å². The Balaban J connectivity index is 2.23. The first-order chi connectivity index (χ1) is 10.1. The molecule has 0 atom stereocenters. The molecule has 4 nitrogen and oxygen atoms in total. The van der Waals surface area contributed by atoms with Crippen LogP contribution in [0.15, 0.2) is 39.2 Å². The number of hydrogen-bond donors (Lipinski definition) is 0. The van der Waals surface area contributed by atoms with Gasteiger partial charge in [-0.05, 0) is 25.3 Å². The number of hydrogen-bond acceptors (Lipinski definition) is 3. The molecule has 1 aliphatic carbocycles. The number of fused-ring (bicyclic) bond motifs is 1. The van der Waals surface area contributed by atoms with E-state index in [0.29, 0.717) is 33.6 Å². The molecule has 3 rings (SSSR count). The van der Waals surface area contributed by atoms with E-state index in [1.165, 1.54) is 0 Å². The van der Waals surface area contributed by atoms with Crippen molar-refractivity contribution in [1.29, 1.82) is 0 Å². The summed E-state index contributed by atoms with van der Waals surface area (Å²) in [5.41, 5.74) is 0.679. The molecule has 21 heavy (non-hydrogen) atoms. The Morgan fingerprint density at radius 2 is 2.14 bits per heavy atom. The van der Waals surface area contributed by atoms with Gasteiger partial charge in [0.2, 0.25) is 9.84 Å². The molecule has 1 aliphatic heterocycles. The van der Waals surface area contributed by atoms with Crippen LogP contribution in [0.4, 0.5) is 0 Å². The van der Waals surface area contributed by atoms with Crippen LogP contribution < -0.4 is 10.7 Å². The predicted octanol–water partition coefficient (Wildman–Crippen LogP) is 0.933. The summed E-state index contributed by atoms with van der Waals surface area (Å²) in [5, 5.41) is 0.691. The minimum absolute atomic E-state index is 0.314. The summed E-state index contributed by atoms with van der Waals surface area (Å²) in [6.07, 6.45) is 16.7. The lowest BCUT2D eigenvalue weighted by molar-refractivity contribution is 0.601. The third kappa shape index (κ3) is 2.36. The highest BCUT2D eigenvalue weighted by Gasteiger charge is 2.24. The maximum Gasteiger partial charge on any atom is 0.208 e. The molecule has 0 N–H and O–H groups in total. The Bertz CT molecular complexity index is 893. The summed E-state index contributed by atoms with van der Waals surface area (Å²) in [7, 11) is -3.51. The lowest BCUT2D eigenvalue weighted by Gasteiger charge is -2.07. The van der Waals surface area contributed by atoms with E-state index in [0.717, 1.165) is 19.3 Å². The number of sulfone groups is 1. The molecule has 0 amide bonds. The first-order valence-corrected chi connectivity index (χ1v) is 8.42. The smallest absolute Gasteiger partial charge is 0.208 e. The van der Waals surface area contributed by atoms with Gasteiger partial charge in [0, 0.05) is 18.0 Å². The molecule has 0 spiro atoms. The summed E-state index contributed by atoms with van der Waals surface area (Å²) >= 11 is 0. The average molecular weight is 300 g/mol. The van der Waals surface area contributed by atoms with E-state index < -0.39 is 9.84 Å². The van der Waals surface area contributed by atoms with E-state index >= 15 is 0 Å². The topological polar surface area (TPSA) is 51.4 Å². The SMILES string of the molecule is C#CCn1cc(S(=O)(=O)C2=CCCC=C2)c2c1=NCCC=2. The molecule has 0 saturated heterocycles. The van der Waals surface area contributed by atoms with Gasteiger partial charge < -0.3 is 4.57 Å². The van der Waals surface area contributed by atoms with Crippen molar-refractivity contribution in [3.63, 3.8) is 0 Å². The van der Waals surface area contributed by atoms with Gasteiger partial charge in [0.05, 0.1) is 16.3 Å². The fraction of sp³-hybridized carbons (Fsp3) is 0.312. The largest absolute Gasteiger partial charge is 0.320 e. The van der Waals surface area contributed by atoms with Crippen molar-refractivity contribution in [3.8, 4) is 12.3 Å². The molecular weight excluding hydrogens is 284 g/mol. The lowest BCUT2D eigenvalue weighted by Crippen LogP contribution is -2.34. The van der Waals surface area contributed by atoms with Crippen LogP contribution in [0.2, 0.25) is 0 Å². The fourth-order valence-electron chi connectivity index (χ4n) is 2.63. The lowest BCUT2D eigenvalue weighted by atomic mass is 10.2. The number of aromatic nitrogens is 1. The Kier molecular flexibility index (Phi) is 3.56. The maximum absolute atomic E-state index is 12.8. The minimum Gasteiger partial charge on any atom is -0.320 e. The van der Waals surface area contributed by atoms with E-state index in [9.17, 15) is 8.42 Å². The number of terminal acetylenes is 1. The number of nitrogens with zero attached hydrogens (tertiary/aromatic N) is 2.